The summed E-state index contributed by atoms with van der Waals surface area (Å²) in [5.74, 6) is -1.92. The number of hydrogen-bond donors (Lipinski definition) is 2. The highest BCUT2D eigenvalue weighted by Gasteiger charge is 2.29. The first-order valence-electron chi connectivity index (χ1n) is 7.85. The Bertz CT molecular complexity index is 805. The van der Waals surface area contributed by atoms with Gasteiger partial charge in [-0.25, -0.2) is 8.78 Å². The minimum absolute atomic E-state index is 0.157. The molecule has 0 saturated carbocycles. The number of carbonyl (C=O) groups is 2. The van der Waals surface area contributed by atoms with Crippen molar-refractivity contribution >= 4 is 28.9 Å². The van der Waals surface area contributed by atoms with E-state index in [1.54, 1.807) is 31.2 Å². The number of halogens is 2. The summed E-state index contributed by atoms with van der Waals surface area (Å²) in [6, 6.07) is 9.66. The molecular weight excluding hydrogens is 328 g/mol. The molecule has 1 aliphatic rings. The van der Waals surface area contributed by atoms with Crippen LogP contribution in [0.2, 0.25) is 0 Å². The van der Waals surface area contributed by atoms with Crippen molar-refractivity contribution in [1.82, 2.24) is 0 Å². The van der Waals surface area contributed by atoms with Crippen LogP contribution in [0.1, 0.15) is 13.3 Å². The number of hydrogen-bond acceptors (Lipinski definition) is 3. The smallest absolute Gasteiger partial charge is 0.246 e. The van der Waals surface area contributed by atoms with Gasteiger partial charge in [0.1, 0.15) is 11.6 Å². The molecule has 1 unspecified atom stereocenters. The Hall–Kier alpha value is -2.96. The van der Waals surface area contributed by atoms with Crippen molar-refractivity contribution in [2.75, 3.05) is 22.1 Å². The third-order valence-corrected chi connectivity index (χ3v) is 3.93. The largest absolute Gasteiger partial charge is 0.376 e. The van der Waals surface area contributed by atoms with E-state index in [2.05, 4.69) is 10.6 Å². The van der Waals surface area contributed by atoms with Gasteiger partial charge in [0.15, 0.2) is 0 Å². The summed E-state index contributed by atoms with van der Waals surface area (Å²) < 4.78 is 26.5. The van der Waals surface area contributed by atoms with E-state index in [4.69, 9.17) is 0 Å². The van der Waals surface area contributed by atoms with Crippen molar-refractivity contribution in [3.8, 4) is 0 Å². The highest BCUT2D eigenvalue weighted by Crippen LogP contribution is 2.31. The quantitative estimate of drug-likeness (QED) is 0.898. The Balaban J connectivity index is 1.81. The van der Waals surface area contributed by atoms with Crippen LogP contribution in [-0.4, -0.2) is 24.4 Å². The van der Waals surface area contributed by atoms with Gasteiger partial charge in [0.2, 0.25) is 11.8 Å². The molecule has 0 aromatic heterocycles. The first-order chi connectivity index (χ1) is 11.9. The highest BCUT2D eigenvalue weighted by molar-refractivity contribution is 6.05. The summed E-state index contributed by atoms with van der Waals surface area (Å²) >= 11 is 0. The van der Waals surface area contributed by atoms with Crippen LogP contribution in [0.5, 0.6) is 0 Å². The third kappa shape index (κ3) is 3.76. The molecule has 2 amide bonds. The van der Waals surface area contributed by atoms with Crippen molar-refractivity contribution in [1.29, 1.82) is 0 Å². The fraction of sp³-hybridized carbons (Fsp3) is 0.222. The van der Waals surface area contributed by atoms with Gasteiger partial charge in [-0.1, -0.05) is 12.1 Å². The molecule has 2 aromatic rings. The molecule has 2 aromatic carbocycles. The Morgan fingerprint density at radius 1 is 1.24 bits per heavy atom. The van der Waals surface area contributed by atoms with Crippen LogP contribution in [0.15, 0.2) is 42.5 Å². The Morgan fingerprint density at radius 2 is 1.92 bits per heavy atom. The maximum absolute atomic E-state index is 13.2. The monoisotopic (exact) mass is 345 g/mol. The summed E-state index contributed by atoms with van der Waals surface area (Å²) in [7, 11) is 0. The summed E-state index contributed by atoms with van der Waals surface area (Å²) in [5, 5.41) is 5.50. The van der Waals surface area contributed by atoms with Gasteiger partial charge in [-0.05, 0) is 31.2 Å². The second kappa shape index (κ2) is 6.88. The average molecular weight is 345 g/mol. The Morgan fingerprint density at radius 3 is 2.64 bits per heavy atom. The molecule has 0 radical (unpaired) electrons. The van der Waals surface area contributed by atoms with E-state index in [1.165, 1.54) is 4.90 Å². The van der Waals surface area contributed by atoms with Crippen LogP contribution in [-0.2, 0) is 9.59 Å². The zero-order chi connectivity index (χ0) is 18.0. The van der Waals surface area contributed by atoms with Crippen LogP contribution in [0.3, 0.4) is 0 Å². The van der Waals surface area contributed by atoms with Crippen molar-refractivity contribution in [3.05, 3.63) is 54.1 Å². The Kier molecular flexibility index (Phi) is 4.65. The van der Waals surface area contributed by atoms with E-state index in [9.17, 15) is 18.4 Å². The van der Waals surface area contributed by atoms with E-state index < -0.39 is 11.6 Å². The van der Waals surface area contributed by atoms with Crippen molar-refractivity contribution < 1.29 is 18.4 Å². The van der Waals surface area contributed by atoms with Gasteiger partial charge in [0, 0.05) is 24.2 Å². The fourth-order valence-corrected chi connectivity index (χ4v) is 2.89. The lowest BCUT2D eigenvalue weighted by atomic mass is 10.1. The SMILES string of the molecule is CC1CC(=O)Nc2ccccc2N1C(=O)CNc1cc(F)cc(F)c1. The van der Waals surface area contributed by atoms with Crippen molar-refractivity contribution in [2.24, 2.45) is 0 Å². The van der Waals surface area contributed by atoms with E-state index >= 15 is 0 Å². The minimum Gasteiger partial charge on any atom is -0.376 e. The predicted octanol–water partition coefficient (Wildman–Crippen LogP) is 3.14. The van der Waals surface area contributed by atoms with E-state index in [1.807, 2.05) is 0 Å². The topological polar surface area (TPSA) is 61.4 Å². The molecule has 7 heteroatoms. The summed E-state index contributed by atoms with van der Waals surface area (Å²) in [5.41, 5.74) is 1.33. The molecule has 3 rings (SSSR count). The molecule has 1 aliphatic heterocycles. The number of carbonyl (C=O) groups excluding carboxylic acids is 2. The molecule has 0 aliphatic carbocycles. The number of para-hydroxylation sites is 2. The number of rotatable bonds is 3. The zero-order valence-corrected chi connectivity index (χ0v) is 13.6. The molecule has 1 heterocycles. The molecular formula is C18H17F2N3O2. The van der Waals surface area contributed by atoms with Gasteiger partial charge in [-0.2, -0.15) is 0 Å². The van der Waals surface area contributed by atoms with Crippen LogP contribution in [0, 0.1) is 11.6 Å². The highest BCUT2D eigenvalue weighted by atomic mass is 19.1. The van der Waals surface area contributed by atoms with Gasteiger partial charge >= 0.3 is 0 Å². The normalized spacial score (nSPS) is 16.7. The minimum atomic E-state index is -0.724. The second-order valence-corrected chi connectivity index (χ2v) is 5.89. The summed E-state index contributed by atoms with van der Waals surface area (Å²) in [4.78, 5) is 26.2. The molecule has 1 atom stereocenters. The first kappa shape index (κ1) is 16.9. The maximum Gasteiger partial charge on any atom is 0.246 e. The number of benzene rings is 2. The van der Waals surface area contributed by atoms with Gasteiger partial charge in [0.05, 0.1) is 17.9 Å². The number of nitrogens with zero attached hydrogens (tertiary/aromatic N) is 1. The standard InChI is InChI=1S/C18H17F2N3O2/c1-11-6-17(24)22-15-4-2-3-5-16(15)23(11)18(25)10-21-14-8-12(19)7-13(20)9-14/h2-5,7-9,11,21H,6,10H2,1H3,(H,22,24). The molecule has 0 fully saturated rings. The van der Waals surface area contributed by atoms with Crippen molar-refractivity contribution in [3.63, 3.8) is 0 Å². The van der Waals surface area contributed by atoms with E-state index in [0.717, 1.165) is 18.2 Å². The molecule has 25 heavy (non-hydrogen) atoms. The lowest BCUT2D eigenvalue weighted by Gasteiger charge is -2.28. The molecule has 0 saturated heterocycles. The van der Waals surface area contributed by atoms with Crippen LogP contribution in [0.4, 0.5) is 25.8 Å². The van der Waals surface area contributed by atoms with Crippen LogP contribution < -0.4 is 15.5 Å². The molecule has 2 N–H and O–H groups in total. The number of amides is 2. The Labute approximate surface area is 143 Å². The number of nitrogens with one attached hydrogen (secondary N) is 2. The van der Waals surface area contributed by atoms with E-state index in [-0.39, 0.29) is 36.5 Å². The van der Waals surface area contributed by atoms with E-state index in [0.29, 0.717) is 11.4 Å². The first-order valence-corrected chi connectivity index (χ1v) is 7.85. The lowest BCUT2D eigenvalue weighted by Crippen LogP contribution is -2.42. The maximum atomic E-state index is 13.2. The van der Waals surface area contributed by atoms with Gasteiger partial charge in [-0.3, -0.25) is 9.59 Å². The third-order valence-electron chi connectivity index (χ3n) is 3.93. The van der Waals surface area contributed by atoms with Gasteiger partial charge < -0.3 is 15.5 Å². The predicted molar refractivity (Wildman–Crippen MR) is 91.5 cm³/mol. The van der Waals surface area contributed by atoms with Gasteiger partial charge in [0.25, 0.3) is 0 Å². The van der Waals surface area contributed by atoms with Crippen LogP contribution in [0.25, 0.3) is 0 Å². The molecule has 5 nitrogen and oxygen atoms in total. The average Bonchev–Trinajstić information content (AvgIpc) is 2.66. The fourth-order valence-electron chi connectivity index (χ4n) is 2.89. The molecule has 0 bridgehead atoms. The number of fused-ring (bicyclic) bond motifs is 1. The molecule has 0 spiro atoms. The summed E-state index contributed by atoms with van der Waals surface area (Å²) in [6.45, 7) is 1.62. The van der Waals surface area contributed by atoms with Crippen molar-refractivity contribution in [2.45, 2.75) is 19.4 Å². The number of anilines is 3. The zero-order valence-electron chi connectivity index (χ0n) is 13.6. The molecule has 130 valence electrons. The van der Waals surface area contributed by atoms with Crippen LogP contribution >= 0.6 is 0 Å². The van der Waals surface area contributed by atoms with Gasteiger partial charge in [-0.15, -0.1) is 0 Å². The summed E-state index contributed by atoms with van der Waals surface area (Å²) in [6.07, 6.45) is 0.162. The lowest BCUT2D eigenvalue weighted by molar-refractivity contribution is -0.118. The second-order valence-electron chi connectivity index (χ2n) is 5.89.